The number of thiol groups is 1. The van der Waals surface area contributed by atoms with Crippen molar-refractivity contribution in [3.63, 3.8) is 0 Å². The minimum Gasteiger partial charge on any atom is -0.497 e. The van der Waals surface area contributed by atoms with Crippen molar-refractivity contribution in [3.8, 4) is 11.5 Å². The Morgan fingerprint density at radius 2 is 1.35 bits per heavy atom. The largest absolute Gasteiger partial charge is 0.497 e. The van der Waals surface area contributed by atoms with Gasteiger partial charge in [-0.2, -0.15) is 0 Å². The fraction of sp³-hybridized carbons (Fsp3) is 0.333. The molecule has 0 fully saturated rings. The molecule has 0 N–H and O–H groups in total. The van der Waals surface area contributed by atoms with Crippen LogP contribution in [0.4, 0.5) is 0 Å². The van der Waals surface area contributed by atoms with E-state index in [4.69, 9.17) is 19.2 Å². The third-order valence-corrected chi connectivity index (χ3v) is 4.03. The lowest BCUT2D eigenvalue weighted by Crippen LogP contribution is -2.01. The number of hydrogen-bond donors (Lipinski definition) is 1. The third-order valence-electron chi connectivity index (χ3n) is 3.59. The number of aryl methyl sites for hydroxylation is 1. The first-order chi connectivity index (χ1) is 11.2. The summed E-state index contributed by atoms with van der Waals surface area (Å²) in [5.41, 5.74) is 3.18. The van der Waals surface area contributed by atoms with E-state index >= 15 is 0 Å². The van der Waals surface area contributed by atoms with Gasteiger partial charge in [0.15, 0.2) is 0 Å². The summed E-state index contributed by atoms with van der Waals surface area (Å²) in [5, 5.41) is 0. The number of benzene rings is 2. The maximum atomic E-state index is 5.36. The molecular formula is C18H22O4S. The molecule has 0 atom stereocenters. The van der Waals surface area contributed by atoms with Crippen LogP contribution < -0.4 is 9.47 Å². The quantitative estimate of drug-likeness (QED) is 0.340. The predicted octanol–water partition coefficient (Wildman–Crippen LogP) is 4.20. The summed E-state index contributed by atoms with van der Waals surface area (Å²) in [6.45, 7) is 2.78. The van der Waals surface area contributed by atoms with E-state index in [0.29, 0.717) is 13.2 Å². The van der Waals surface area contributed by atoms with E-state index in [1.165, 1.54) is 5.56 Å². The Labute approximate surface area is 142 Å². The van der Waals surface area contributed by atoms with Gasteiger partial charge in [-0.15, -0.1) is 12.6 Å². The molecule has 0 aliphatic rings. The van der Waals surface area contributed by atoms with Gasteiger partial charge in [-0.25, -0.2) is 9.78 Å². The van der Waals surface area contributed by atoms with E-state index in [9.17, 15) is 0 Å². The number of ether oxygens (including phenoxy) is 2. The van der Waals surface area contributed by atoms with E-state index in [0.717, 1.165) is 33.9 Å². The average Bonchev–Trinajstić information content (AvgIpc) is 2.59. The fourth-order valence-corrected chi connectivity index (χ4v) is 2.43. The molecule has 2 aromatic carbocycles. The minimum atomic E-state index is 0.307. The molecular weight excluding hydrogens is 312 g/mol. The highest BCUT2D eigenvalue weighted by Crippen LogP contribution is 2.22. The van der Waals surface area contributed by atoms with Crippen molar-refractivity contribution in [1.29, 1.82) is 0 Å². The Balaban J connectivity index is 1.93. The first-order valence-electron chi connectivity index (χ1n) is 7.44. The van der Waals surface area contributed by atoms with Crippen molar-refractivity contribution < 1.29 is 19.2 Å². The van der Waals surface area contributed by atoms with Crippen LogP contribution in [0.2, 0.25) is 0 Å². The van der Waals surface area contributed by atoms with Gasteiger partial charge in [-0.3, -0.25) is 0 Å². The van der Waals surface area contributed by atoms with Crippen LogP contribution in [0, 0.1) is 0 Å². The maximum absolute atomic E-state index is 5.36. The SMILES string of the molecule is CCc1ccc(OC)cc1COOCc1cc(OC)ccc1S. The van der Waals surface area contributed by atoms with Crippen molar-refractivity contribution >= 4 is 12.6 Å². The lowest BCUT2D eigenvalue weighted by Gasteiger charge is -2.11. The molecule has 0 bridgehead atoms. The molecule has 0 spiro atoms. The standard InChI is InChI=1S/C18H22O4S/c1-4-13-5-6-16(19-2)9-14(13)11-21-22-12-15-10-17(20-3)7-8-18(15)23/h5-10,23H,4,11-12H2,1-3H3. The first-order valence-corrected chi connectivity index (χ1v) is 7.88. The van der Waals surface area contributed by atoms with Crippen LogP contribution in [0.15, 0.2) is 41.3 Å². The molecule has 0 aliphatic carbocycles. The van der Waals surface area contributed by atoms with Crippen molar-refractivity contribution in [2.24, 2.45) is 0 Å². The topological polar surface area (TPSA) is 36.9 Å². The predicted molar refractivity (Wildman–Crippen MR) is 92.2 cm³/mol. The lowest BCUT2D eigenvalue weighted by atomic mass is 10.1. The number of methoxy groups -OCH3 is 2. The second-order valence-corrected chi connectivity index (χ2v) is 5.49. The minimum absolute atomic E-state index is 0.307. The summed E-state index contributed by atoms with van der Waals surface area (Å²) in [6.07, 6.45) is 0.930. The summed E-state index contributed by atoms with van der Waals surface area (Å²) in [4.78, 5) is 11.5. The van der Waals surface area contributed by atoms with E-state index < -0.39 is 0 Å². The average molecular weight is 334 g/mol. The first kappa shape index (κ1) is 17.7. The summed E-state index contributed by atoms with van der Waals surface area (Å²) < 4.78 is 10.4. The molecule has 0 amide bonds. The molecule has 2 aromatic rings. The van der Waals surface area contributed by atoms with Gasteiger partial charge in [0, 0.05) is 4.90 Å². The Hall–Kier alpha value is -1.69. The normalized spacial score (nSPS) is 10.6. The van der Waals surface area contributed by atoms with Crippen LogP contribution >= 0.6 is 12.6 Å². The van der Waals surface area contributed by atoms with E-state index in [1.54, 1.807) is 14.2 Å². The van der Waals surface area contributed by atoms with Gasteiger partial charge in [0.25, 0.3) is 0 Å². The Morgan fingerprint density at radius 1 is 0.783 bits per heavy atom. The Morgan fingerprint density at radius 3 is 1.96 bits per heavy atom. The van der Waals surface area contributed by atoms with Gasteiger partial charge >= 0.3 is 0 Å². The lowest BCUT2D eigenvalue weighted by molar-refractivity contribution is -0.313. The molecule has 23 heavy (non-hydrogen) atoms. The monoisotopic (exact) mass is 334 g/mol. The van der Waals surface area contributed by atoms with E-state index in [1.807, 2.05) is 36.4 Å². The van der Waals surface area contributed by atoms with Gasteiger partial charge in [-0.1, -0.05) is 13.0 Å². The van der Waals surface area contributed by atoms with Crippen LogP contribution in [-0.4, -0.2) is 14.2 Å². The van der Waals surface area contributed by atoms with Crippen molar-refractivity contribution in [2.45, 2.75) is 31.5 Å². The zero-order valence-electron chi connectivity index (χ0n) is 13.7. The second kappa shape index (κ2) is 8.82. The van der Waals surface area contributed by atoms with Crippen molar-refractivity contribution in [2.75, 3.05) is 14.2 Å². The van der Waals surface area contributed by atoms with Crippen molar-refractivity contribution in [3.05, 3.63) is 53.1 Å². The van der Waals surface area contributed by atoms with Gasteiger partial charge in [0.05, 0.1) is 14.2 Å². The molecule has 124 valence electrons. The number of hydrogen-bond acceptors (Lipinski definition) is 5. The van der Waals surface area contributed by atoms with Crippen LogP contribution in [-0.2, 0) is 29.4 Å². The highest BCUT2D eigenvalue weighted by atomic mass is 32.1. The molecule has 5 heteroatoms. The third kappa shape index (κ3) is 4.89. The Kier molecular flexibility index (Phi) is 6.77. The van der Waals surface area contributed by atoms with Gasteiger partial charge in [0.1, 0.15) is 24.7 Å². The maximum Gasteiger partial charge on any atom is 0.119 e. The molecule has 4 nitrogen and oxygen atoms in total. The molecule has 0 heterocycles. The van der Waals surface area contributed by atoms with E-state index in [2.05, 4.69) is 19.6 Å². The molecule has 0 saturated heterocycles. The molecule has 0 saturated carbocycles. The molecule has 0 aromatic heterocycles. The van der Waals surface area contributed by atoms with Crippen LogP contribution in [0.1, 0.15) is 23.6 Å². The molecule has 0 unspecified atom stereocenters. The molecule has 2 rings (SSSR count). The second-order valence-electron chi connectivity index (χ2n) is 5.01. The fourth-order valence-electron chi connectivity index (χ4n) is 2.22. The number of rotatable bonds is 8. The molecule has 0 radical (unpaired) electrons. The zero-order chi connectivity index (χ0) is 16.7. The zero-order valence-corrected chi connectivity index (χ0v) is 14.6. The molecule has 0 aliphatic heterocycles. The summed E-state index contributed by atoms with van der Waals surface area (Å²) in [5.74, 6) is 1.58. The summed E-state index contributed by atoms with van der Waals surface area (Å²) in [6, 6.07) is 11.6. The summed E-state index contributed by atoms with van der Waals surface area (Å²) in [7, 11) is 3.28. The van der Waals surface area contributed by atoms with Crippen LogP contribution in [0.5, 0.6) is 11.5 Å². The van der Waals surface area contributed by atoms with Crippen molar-refractivity contribution in [1.82, 2.24) is 0 Å². The van der Waals surface area contributed by atoms with E-state index in [-0.39, 0.29) is 0 Å². The highest BCUT2D eigenvalue weighted by molar-refractivity contribution is 7.80. The van der Waals surface area contributed by atoms with Gasteiger partial charge in [-0.05, 0) is 53.4 Å². The smallest absolute Gasteiger partial charge is 0.119 e. The van der Waals surface area contributed by atoms with Gasteiger partial charge in [0.2, 0.25) is 0 Å². The van der Waals surface area contributed by atoms with Crippen LogP contribution in [0.25, 0.3) is 0 Å². The van der Waals surface area contributed by atoms with Gasteiger partial charge < -0.3 is 9.47 Å². The highest BCUT2D eigenvalue weighted by Gasteiger charge is 2.06. The Bertz CT molecular complexity index is 643. The van der Waals surface area contributed by atoms with Crippen LogP contribution in [0.3, 0.4) is 0 Å². The summed E-state index contributed by atoms with van der Waals surface area (Å²) >= 11 is 4.41.